The minimum Gasteiger partial charge on any atom is -0.311 e. The van der Waals surface area contributed by atoms with Gasteiger partial charge >= 0.3 is 0 Å². The number of carbonyl (C=O) groups excluding carboxylic acids is 1. The molecular formula is C10H17NO. The molecule has 2 aliphatic rings. The van der Waals surface area contributed by atoms with E-state index in [2.05, 4.69) is 5.32 Å². The summed E-state index contributed by atoms with van der Waals surface area (Å²) in [6.07, 6.45) is 6.52. The van der Waals surface area contributed by atoms with Gasteiger partial charge in [-0.05, 0) is 50.5 Å². The first-order valence-corrected chi connectivity index (χ1v) is 4.99. The molecule has 0 aromatic heterocycles. The highest BCUT2D eigenvalue weighted by atomic mass is 16.1. The maximum Gasteiger partial charge on any atom is 0.137 e. The Hall–Kier alpha value is -0.370. The van der Waals surface area contributed by atoms with Crippen LogP contribution in [0.2, 0.25) is 0 Å². The van der Waals surface area contributed by atoms with Gasteiger partial charge in [0.25, 0.3) is 0 Å². The van der Waals surface area contributed by atoms with Crippen LogP contribution in [0.4, 0.5) is 0 Å². The average Bonchev–Trinajstić information content (AvgIpc) is 2.92. The van der Waals surface area contributed by atoms with Crippen LogP contribution in [0.5, 0.6) is 0 Å². The fourth-order valence-electron chi connectivity index (χ4n) is 2.28. The highest BCUT2D eigenvalue weighted by Crippen LogP contribution is 2.50. The van der Waals surface area contributed by atoms with Gasteiger partial charge in [0, 0.05) is 0 Å². The number of aldehydes is 1. The van der Waals surface area contributed by atoms with Crippen LogP contribution in [0.1, 0.15) is 25.7 Å². The molecule has 0 radical (unpaired) electrons. The van der Waals surface area contributed by atoms with Gasteiger partial charge in [-0.15, -0.1) is 0 Å². The summed E-state index contributed by atoms with van der Waals surface area (Å²) in [5.41, 5.74) is 0. The Morgan fingerprint density at radius 1 is 1.25 bits per heavy atom. The maximum absolute atomic E-state index is 10.8. The molecular weight excluding hydrogens is 150 g/mol. The van der Waals surface area contributed by atoms with E-state index in [4.69, 9.17) is 0 Å². The smallest absolute Gasteiger partial charge is 0.137 e. The summed E-state index contributed by atoms with van der Waals surface area (Å²) >= 11 is 0. The van der Waals surface area contributed by atoms with Crippen LogP contribution in [-0.4, -0.2) is 19.4 Å². The first-order valence-electron chi connectivity index (χ1n) is 4.99. The zero-order valence-electron chi connectivity index (χ0n) is 7.62. The van der Waals surface area contributed by atoms with Crippen LogP contribution >= 0.6 is 0 Å². The summed E-state index contributed by atoms with van der Waals surface area (Å²) in [5.74, 6) is 2.38. The van der Waals surface area contributed by atoms with E-state index < -0.39 is 0 Å². The summed E-state index contributed by atoms with van der Waals surface area (Å²) in [7, 11) is 1.90. The van der Waals surface area contributed by atoms with Crippen LogP contribution in [-0.2, 0) is 4.79 Å². The molecule has 68 valence electrons. The van der Waals surface area contributed by atoms with E-state index in [1.165, 1.54) is 25.7 Å². The molecule has 0 aliphatic heterocycles. The van der Waals surface area contributed by atoms with E-state index in [-0.39, 0.29) is 6.04 Å². The molecule has 0 aromatic rings. The molecule has 0 spiro atoms. The number of rotatable bonds is 5. The minimum atomic E-state index is 0.130. The van der Waals surface area contributed by atoms with E-state index >= 15 is 0 Å². The van der Waals surface area contributed by atoms with Crippen molar-refractivity contribution in [2.45, 2.75) is 31.7 Å². The number of hydrogen-bond donors (Lipinski definition) is 1. The Morgan fingerprint density at radius 3 is 2.00 bits per heavy atom. The van der Waals surface area contributed by atoms with Crippen LogP contribution < -0.4 is 5.32 Å². The number of likely N-dealkylation sites (N-methyl/N-ethyl adjacent to an activating group) is 1. The van der Waals surface area contributed by atoms with Crippen molar-refractivity contribution in [3.63, 3.8) is 0 Å². The van der Waals surface area contributed by atoms with Gasteiger partial charge in [0.1, 0.15) is 6.29 Å². The summed E-state index contributed by atoms with van der Waals surface area (Å²) in [5, 5.41) is 3.13. The number of nitrogens with one attached hydrogen (secondary N) is 1. The first kappa shape index (κ1) is 8.24. The van der Waals surface area contributed by atoms with Crippen molar-refractivity contribution in [1.29, 1.82) is 0 Å². The van der Waals surface area contributed by atoms with Crippen molar-refractivity contribution < 1.29 is 4.79 Å². The second-order valence-corrected chi connectivity index (χ2v) is 4.20. The summed E-state index contributed by atoms with van der Waals surface area (Å²) in [6, 6.07) is 0.130. The maximum atomic E-state index is 10.8. The molecule has 0 aromatic carbocycles. The van der Waals surface area contributed by atoms with Gasteiger partial charge in [0.15, 0.2) is 0 Å². The van der Waals surface area contributed by atoms with Crippen LogP contribution in [0, 0.1) is 17.8 Å². The third-order valence-electron chi connectivity index (χ3n) is 3.23. The lowest BCUT2D eigenvalue weighted by Crippen LogP contribution is -2.37. The SMILES string of the molecule is CNC(C=O)C(C1CC1)C1CC1. The molecule has 2 saturated carbocycles. The van der Waals surface area contributed by atoms with E-state index in [1.54, 1.807) is 0 Å². The largest absolute Gasteiger partial charge is 0.311 e. The Morgan fingerprint density at radius 2 is 1.75 bits per heavy atom. The lowest BCUT2D eigenvalue weighted by atomic mass is 9.90. The van der Waals surface area contributed by atoms with Crippen LogP contribution in [0.25, 0.3) is 0 Å². The summed E-state index contributed by atoms with van der Waals surface area (Å²) in [4.78, 5) is 10.8. The Bertz CT molecular complexity index is 161. The molecule has 2 rings (SSSR count). The molecule has 1 N–H and O–H groups in total. The second kappa shape index (κ2) is 3.17. The third kappa shape index (κ3) is 1.53. The van der Waals surface area contributed by atoms with Gasteiger partial charge in [-0.1, -0.05) is 0 Å². The van der Waals surface area contributed by atoms with Gasteiger partial charge < -0.3 is 10.1 Å². The van der Waals surface area contributed by atoms with E-state index in [1.807, 2.05) is 7.05 Å². The molecule has 0 bridgehead atoms. The number of carbonyl (C=O) groups is 1. The Labute approximate surface area is 73.7 Å². The lowest BCUT2D eigenvalue weighted by molar-refractivity contribution is -0.111. The topological polar surface area (TPSA) is 29.1 Å². The highest BCUT2D eigenvalue weighted by Gasteiger charge is 2.44. The molecule has 0 heterocycles. The van der Waals surface area contributed by atoms with Crippen LogP contribution in [0.3, 0.4) is 0 Å². The van der Waals surface area contributed by atoms with Gasteiger partial charge in [-0.3, -0.25) is 0 Å². The van der Waals surface area contributed by atoms with Gasteiger partial charge in [-0.25, -0.2) is 0 Å². The fraction of sp³-hybridized carbons (Fsp3) is 0.900. The van der Waals surface area contributed by atoms with Crippen molar-refractivity contribution in [3.8, 4) is 0 Å². The summed E-state index contributed by atoms with van der Waals surface area (Å²) < 4.78 is 0. The van der Waals surface area contributed by atoms with Gasteiger partial charge in [0.2, 0.25) is 0 Å². The number of hydrogen-bond acceptors (Lipinski definition) is 2. The van der Waals surface area contributed by atoms with Crippen LogP contribution in [0.15, 0.2) is 0 Å². The second-order valence-electron chi connectivity index (χ2n) is 4.20. The quantitative estimate of drug-likeness (QED) is 0.624. The molecule has 0 amide bonds. The fourth-order valence-corrected chi connectivity index (χ4v) is 2.28. The normalized spacial score (nSPS) is 25.8. The molecule has 2 aliphatic carbocycles. The van der Waals surface area contributed by atoms with Crippen molar-refractivity contribution in [3.05, 3.63) is 0 Å². The molecule has 2 fully saturated rings. The summed E-state index contributed by atoms with van der Waals surface area (Å²) in [6.45, 7) is 0. The zero-order valence-corrected chi connectivity index (χ0v) is 7.62. The Kier molecular flexibility index (Phi) is 2.18. The van der Waals surface area contributed by atoms with E-state index in [0.717, 1.165) is 18.1 Å². The average molecular weight is 167 g/mol. The van der Waals surface area contributed by atoms with E-state index in [9.17, 15) is 4.79 Å². The van der Waals surface area contributed by atoms with E-state index in [0.29, 0.717) is 5.92 Å². The molecule has 1 unspecified atom stereocenters. The molecule has 1 atom stereocenters. The Balaban J connectivity index is 1.97. The highest BCUT2D eigenvalue weighted by molar-refractivity contribution is 5.58. The first-order chi connectivity index (χ1) is 5.86. The lowest BCUT2D eigenvalue weighted by Gasteiger charge is -2.21. The zero-order chi connectivity index (χ0) is 8.55. The van der Waals surface area contributed by atoms with Crippen molar-refractivity contribution in [1.82, 2.24) is 5.32 Å². The molecule has 2 nitrogen and oxygen atoms in total. The third-order valence-corrected chi connectivity index (χ3v) is 3.23. The molecule has 12 heavy (non-hydrogen) atoms. The predicted molar refractivity (Wildman–Crippen MR) is 47.8 cm³/mol. The minimum absolute atomic E-state index is 0.130. The van der Waals surface area contributed by atoms with Gasteiger partial charge in [0.05, 0.1) is 6.04 Å². The van der Waals surface area contributed by atoms with Gasteiger partial charge in [-0.2, -0.15) is 0 Å². The van der Waals surface area contributed by atoms with Crippen molar-refractivity contribution in [2.24, 2.45) is 17.8 Å². The molecule has 0 saturated heterocycles. The standard InChI is InChI=1S/C10H17NO/c1-11-9(6-12)10(7-2-3-7)8-4-5-8/h6-11H,2-5H2,1H3. The monoisotopic (exact) mass is 167 g/mol. The van der Waals surface area contributed by atoms with Crippen molar-refractivity contribution in [2.75, 3.05) is 7.05 Å². The predicted octanol–water partition coefficient (Wildman–Crippen LogP) is 1.21. The molecule has 2 heteroatoms. The van der Waals surface area contributed by atoms with Crippen molar-refractivity contribution >= 4 is 6.29 Å².